The van der Waals surface area contributed by atoms with Gasteiger partial charge in [0.05, 0.1) is 17.7 Å². The van der Waals surface area contributed by atoms with E-state index in [1.807, 2.05) is 5.51 Å². The Labute approximate surface area is 129 Å². The average molecular weight is 303 g/mol. The van der Waals surface area contributed by atoms with Crippen molar-refractivity contribution in [1.29, 1.82) is 0 Å². The third-order valence-electron chi connectivity index (χ3n) is 3.67. The Morgan fingerprint density at radius 1 is 1.38 bits per heavy atom. The molecule has 0 amide bonds. The van der Waals surface area contributed by atoms with Crippen molar-refractivity contribution >= 4 is 23.0 Å². The van der Waals surface area contributed by atoms with Crippen LogP contribution in [0.5, 0.6) is 0 Å². The van der Waals surface area contributed by atoms with Gasteiger partial charge in [0.1, 0.15) is 17.5 Å². The largest absolute Gasteiger partial charge is 0.370 e. The molecule has 0 saturated heterocycles. The van der Waals surface area contributed by atoms with Crippen LogP contribution >= 0.6 is 11.3 Å². The molecular formula is C15H21N5S. The zero-order valence-electron chi connectivity index (χ0n) is 12.8. The van der Waals surface area contributed by atoms with Gasteiger partial charge in [-0.05, 0) is 26.7 Å². The molecule has 3 rings (SSSR count). The van der Waals surface area contributed by atoms with Gasteiger partial charge in [0.15, 0.2) is 0 Å². The van der Waals surface area contributed by atoms with Crippen LogP contribution in [0, 0.1) is 6.92 Å². The lowest BCUT2D eigenvalue weighted by atomic mass is 10.2. The first-order chi connectivity index (χ1) is 10.2. The molecule has 0 aliphatic heterocycles. The highest BCUT2D eigenvalue weighted by atomic mass is 32.1. The summed E-state index contributed by atoms with van der Waals surface area (Å²) in [6.45, 7) is 5.83. The molecule has 1 aliphatic carbocycles. The van der Waals surface area contributed by atoms with Crippen LogP contribution in [-0.2, 0) is 6.54 Å². The SMILES string of the molecule is CCNc1nc(C2CC2)nc(N(C)Cc2cscn2)c1C. The van der Waals surface area contributed by atoms with Crippen molar-refractivity contribution in [1.82, 2.24) is 15.0 Å². The molecule has 6 heteroatoms. The summed E-state index contributed by atoms with van der Waals surface area (Å²) in [5.74, 6) is 3.51. The van der Waals surface area contributed by atoms with Crippen LogP contribution in [0.2, 0.25) is 0 Å². The van der Waals surface area contributed by atoms with Crippen LogP contribution in [0.3, 0.4) is 0 Å². The fourth-order valence-electron chi connectivity index (χ4n) is 2.39. The van der Waals surface area contributed by atoms with E-state index in [1.54, 1.807) is 11.3 Å². The van der Waals surface area contributed by atoms with Gasteiger partial charge < -0.3 is 10.2 Å². The first kappa shape index (κ1) is 14.3. The van der Waals surface area contributed by atoms with E-state index < -0.39 is 0 Å². The highest BCUT2D eigenvalue weighted by Gasteiger charge is 2.28. The highest BCUT2D eigenvalue weighted by Crippen LogP contribution is 2.40. The molecule has 2 aromatic heterocycles. The van der Waals surface area contributed by atoms with Crippen molar-refractivity contribution in [2.75, 3.05) is 23.8 Å². The Morgan fingerprint density at radius 2 is 2.19 bits per heavy atom. The second-order valence-corrected chi connectivity index (χ2v) is 6.24. The van der Waals surface area contributed by atoms with E-state index in [9.17, 15) is 0 Å². The van der Waals surface area contributed by atoms with E-state index in [-0.39, 0.29) is 0 Å². The van der Waals surface area contributed by atoms with Crippen molar-refractivity contribution in [3.63, 3.8) is 0 Å². The molecule has 2 heterocycles. The van der Waals surface area contributed by atoms with Gasteiger partial charge in [-0.25, -0.2) is 15.0 Å². The molecule has 0 spiro atoms. The molecule has 1 N–H and O–H groups in total. The Balaban J connectivity index is 1.91. The van der Waals surface area contributed by atoms with Crippen molar-refractivity contribution < 1.29 is 0 Å². The zero-order valence-corrected chi connectivity index (χ0v) is 13.6. The lowest BCUT2D eigenvalue weighted by Gasteiger charge is -2.21. The Bertz CT molecular complexity index is 607. The maximum Gasteiger partial charge on any atom is 0.137 e. The van der Waals surface area contributed by atoms with Gasteiger partial charge in [0.2, 0.25) is 0 Å². The van der Waals surface area contributed by atoms with E-state index >= 15 is 0 Å². The molecule has 1 fully saturated rings. The lowest BCUT2D eigenvalue weighted by Crippen LogP contribution is -2.21. The van der Waals surface area contributed by atoms with Gasteiger partial charge in [-0.2, -0.15) is 0 Å². The predicted molar refractivity (Wildman–Crippen MR) is 87.1 cm³/mol. The van der Waals surface area contributed by atoms with Crippen LogP contribution in [0.4, 0.5) is 11.6 Å². The number of thiazole rings is 1. The summed E-state index contributed by atoms with van der Waals surface area (Å²) in [6, 6.07) is 0. The molecule has 5 nitrogen and oxygen atoms in total. The molecule has 0 bridgehead atoms. The summed E-state index contributed by atoms with van der Waals surface area (Å²) < 4.78 is 0. The minimum Gasteiger partial charge on any atom is -0.370 e. The van der Waals surface area contributed by atoms with Crippen LogP contribution < -0.4 is 10.2 Å². The zero-order chi connectivity index (χ0) is 14.8. The third kappa shape index (κ3) is 3.15. The molecule has 2 aromatic rings. The minimum absolute atomic E-state index is 0.550. The Kier molecular flexibility index (Phi) is 4.05. The number of nitrogens with zero attached hydrogens (tertiary/aromatic N) is 4. The van der Waals surface area contributed by atoms with Gasteiger partial charge >= 0.3 is 0 Å². The van der Waals surface area contributed by atoms with Gasteiger partial charge in [0, 0.05) is 30.5 Å². The number of anilines is 2. The van der Waals surface area contributed by atoms with Crippen LogP contribution in [0.25, 0.3) is 0 Å². The quantitative estimate of drug-likeness (QED) is 0.888. The number of nitrogens with one attached hydrogen (secondary N) is 1. The summed E-state index contributed by atoms with van der Waals surface area (Å²) in [5.41, 5.74) is 4.06. The Morgan fingerprint density at radius 3 is 2.81 bits per heavy atom. The second kappa shape index (κ2) is 5.97. The van der Waals surface area contributed by atoms with Crippen molar-refractivity contribution in [3.05, 3.63) is 28.0 Å². The van der Waals surface area contributed by atoms with Crippen molar-refractivity contribution in [2.24, 2.45) is 0 Å². The van der Waals surface area contributed by atoms with Crippen molar-refractivity contribution in [3.8, 4) is 0 Å². The number of aromatic nitrogens is 3. The first-order valence-corrected chi connectivity index (χ1v) is 8.34. The standard InChI is InChI=1S/C15H21N5S/c1-4-16-13-10(2)15(19-14(18-13)11-5-6-11)20(3)7-12-8-21-9-17-12/h8-9,11H,4-7H2,1-3H3,(H,16,18,19). The monoisotopic (exact) mass is 303 g/mol. The fraction of sp³-hybridized carbons (Fsp3) is 0.533. The highest BCUT2D eigenvalue weighted by molar-refractivity contribution is 7.07. The molecule has 0 unspecified atom stereocenters. The maximum atomic E-state index is 4.81. The minimum atomic E-state index is 0.550. The maximum absolute atomic E-state index is 4.81. The molecule has 21 heavy (non-hydrogen) atoms. The summed E-state index contributed by atoms with van der Waals surface area (Å²) in [5, 5.41) is 5.45. The molecular weight excluding hydrogens is 282 g/mol. The summed E-state index contributed by atoms with van der Waals surface area (Å²) >= 11 is 1.63. The van der Waals surface area contributed by atoms with E-state index in [0.717, 1.165) is 41.8 Å². The van der Waals surface area contributed by atoms with E-state index in [1.165, 1.54) is 12.8 Å². The predicted octanol–water partition coefficient (Wildman–Crippen LogP) is 3.19. The smallest absolute Gasteiger partial charge is 0.137 e. The molecule has 1 saturated carbocycles. The number of rotatable bonds is 6. The lowest BCUT2D eigenvalue weighted by molar-refractivity contribution is 0.832. The average Bonchev–Trinajstić information content (AvgIpc) is 3.20. The van der Waals surface area contributed by atoms with Gasteiger partial charge in [-0.3, -0.25) is 0 Å². The van der Waals surface area contributed by atoms with E-state index in [2.05, 4.69) is 41.5 Å². The Hall–Kier alpha value is -1.69. The molecule has 0 aromatic carbocycles. The second-order valence-electron chi connectivity index (χ2n) is 5.52. The van der Waals surface area contributed by atoms with Gasteiger partial charge in [-0.1, -0.05) is 0 Å². The first-order valence-electron chi connectivity index (χ1n) is 7.39. The number of hydrogen-bond acceptors (Lipinski definition) is 6. The van der Waals surface area contributed by atoms with Crippen LogP contribution in [-0.4, -0.2) is 28.5 Å². The van der Waals surface area contributed by atoms with E-state index in [0.29, 0.717) is 5.92 Å². The normalized spacial score (nSPS) is 14.2. The molecule has 1 aliphatic rings. The van der Waals surface area contributed by atoms with Crippen molar-refractivity contribution in [2.45, 2.75) is 39.2 Å². The van der Waals surface area contributed by atoms with Crippen LogP contribution in [0.15, 0.2) is 10.9 Å². The fourth-order valence-corrected chi connectivity index (χ4v) is 2.94. The summed E-state index contributed by atoms with van der Waals surface area (Å²) in [6.07, 6.45) is 2.42. The topological polar surface area (TPSA) is 53.9 Å². The molecule has 0 radical (unpaired) electrons. The number of hydrogen-bond donors (Lipinski definition) is 1. The van der Waals surface area contributed by atoms with E-state index in [4.69, 9.17) is 9.97 Å². The molecule has 0 atom stereocenters. The van der Waals surface area contributed by atoms with Gasteiger partial charge in [-0.15, -0.1) is 11.3 Å². The summed E-state index contributed by atoms with van der Waals surface area (Å²) in [4.78, 5) is 16.0. The van der Waals surface area contributed by atoms with Gasteiger partial charge in [0.25, 0.3) is 0 Å². The summed E-state index contributed by atoms with van der Waals surface area (Å²) in [7, 11) is 2.07. The molecule has 112 valence electrons. The van der Waals surface area contributed by atoms with Crippen LogP contribution in [0.1, 0.15) is 42.8 Å². The third-order valence-corrected chi connectivity index (χ3v) is 4.30.